The number of hydrogen-bond donors (Lipinski definition) is 4. The van der Waals surface area contributed by atoms with Gasteiger partial charge in [-0.15, -0.1) is 0 Å². The molecule has 4 aliphatic carbocycles. The number of nitrogens with two attached hydrogens (primary N) is 1. The summed E-state index contributed by atoms with van der Waals surface area (Å²) >= 11 is 0. The van der Waals surface area contributed by atoms with Crippen molar-refractivity contribution in [2.45, 2.75) is 44.6 Å². The molecule has 1 aromatic carbocycles. The molecule has 2 aromatic rings. The lowest BCUT2D eigenvalue weighted by Crippen LogP contribution is -2.58. The van der Waals surface area contributed by atoms with Gasteiger partial charge in [-0.25, -0.2) is 4.98 Å². The van der Waals surface area contributed by atoms with E-state index in [1.807, 2.05) is 12.1 Å². The second-order valence-corrected chi connectivity index (χ2v) is 9.81. The molecule has 2 atom stereocenters. The lowest BCUT2D eigenvalue weighted by molar-refractivity contribution is -0.0591. The number of benzene rings is 1. The monoisotopic (exact) mass is 418 g/mol. The Morgan fingerprint density at radius 2 is 1.87 bits per heavy atom. The van der Waals surface area contributed by atoms with Gasteiger partial charge in [-0.2, -0.15) is 10.2 Å². The minimum Gasteiger partial charge on any atom is -0.508 e. The van der Waals surface area contributed by atoms with Gasteiger partial charge in [-0.05, 0) is 79.4 Å². The first-order chi connectivity index (χ1) is 15.0. The molecule has 4 saturated carbocycles. The van der Waals surface area contributed by atoms with Gasteiger partial charge in [0.1, 0.15) is 23.2 Å². The molecule has 1 aromatic heterocycles. The fourth-order valence-electron chi connectivity index (χ4n) is 6.38. The highest BCUT2D eigenvalue weighted by atomic mass is 16.3. The first kappa shape index (κ1) is 20.1. The van der Waals surface area contributed by atoms with Crippen molar-refractivity contribution in [1.29, 1.82) is 5.26 Å². The number of nitriles is 1. The molecule has 1 heterocycles. The summed E-state index contributed by atoms with van der Waals surface area (Å²) in [4.78, 5) is 8.90. The van der Waals surface area contributed by atoms with Crippen molar-refractivity contribution in [3.63, 3.8) is 0 Å². The summed E-state index contributed by atoms with van der Waals surface area (Å²) in [6.45, 7) is 1.52. The molecule has 0 radical (unpaired) electrons. The van der Waals surface area contributed by atoms with Crippen LogP contribution in [-0.4, -0.2) is 34.2 Å². The fraction of sp³-hybridized carbons (Fsp3) is 0.542. The second-order valence-electron chi connectivity index (χ2n) is 9.81. The molecule has 0 spiro atoms. The van der Waals surface area contributed by atoms with Gasteiger partial charge in [0.15, 0.2) is 0 Å². The quantitative estimate of drug-likeness (QED) is 0.545. The van der Waals surface area contributed by atoms with E-state index in [-0.39, 0.29) is 11.2 Å². The second kappa shape index (κ2) is 8.01. The van der Waals surface area contributed by atoms with Gasteiger partial charge in [-0.1, -0.05) is 12.1 Å². The summed E-state index contributed by atoms with van der Waals surface area (Å²) < 4.78 is 0. The van der Waals surface area contributed by atoms with Crippen molar-refractivity contribution in [3.05, 3.63) is 41.6 Å². The highest BCUT2D eigenvalue weighted by Gasteiger charge is 2.54. The van der Waals surface area contributed by atoms with Crippen molar-refractivity contribution in [3.8, 4) is 11.8 Å². The Labute approximate surface area is 183 Å². The Balaban J connectivity index is 1.23. The molecule has 6 rings (SSSR count). The third-order valence-corrected chi connectivity index (χ3v) is 7.65. The van der Waals surface area contributed by atoms with E-state index >= 15 is 0 Å². The molecule has 0 aliphatic heterocycles. The summed E-state index contributed by atoms with van der Waals surface area (Å²) in [6.07, 6.45) is 8.63. The number of hydrogen-bond acceptors (Lipinski definition) is 7. The van der Waals surface area contributed by atoms with Crippen LogP contribution in [0.2, 0.25) is 0 Å². The van der Waals surface area contributed by atoms with Crippen LogP contribution in [0, 0.1) is 34.5 Å². The standard InChI is InChI=1S/C24H30N6O/c25-12-19-13-28-23(27-6-5-15-1-3-20(31)4-2-15)30-22(19)29-14-24-9-16-7-17(10-24)21(26)18(8-16)11-24/h1-4,13,16-18,21,31H,5-11,14,26H2,(H2,27,28,29,30). The molecule has 4 bridgehead atoms. The van der Waals surface area contributed by atoms with Gasteiger partial charge in [0, 0.05) is 19.1 Å². The number of nitrogens with one attached hydrogen (secondary N) is 2. The molecule has 0 saturated heterocycles. The Morgan fingerprint density at radius 3 is 2.58 bits per heavy atom. The Hall–Kier alpha value is -2.85. The molecule has 2 unspecified atom stereocenters. The zero-order chi connectivity index (χ0) is 21.4. The van der Waals surface area contributed by atoms with Crippen LogP contribution in [-0.2, 0) is 6.42 Å². The smallest absolute Gasteiger partial charge is 0.224 e. The predicted octanol–water partition coefficient (Wildman–Crippen LogP) is 3.27. The lowest BCUT2D eigenvalue weighted by Gasteiger charge is -2.59. The third kappa shape index (κ3) is 4.05. The van der Waals surface area contributed by atoms with Gasteiger partial charge in [-0.3, -0.25) is 0 Å². The topological polar surface area (TPSA) is 120 Å². The van der Waals surface area contributed by atoms with Crippen LogP contribution in [0.3, 0.4) is 0 Å². The van der Waals surface area contributed by atoms with E-state index in [2.05, 4.69) is 26.7 Å². The molecular formula is C24H30N6O. The van der Waals surface area contributed by atoms with E-state index in [9.17, 15) is 10.4 Å². The molecule has 5 N–H and O–H groups in total. The van der Waals surface area contributed by atoms with Crippen molar-refractivity contribution in [1.82, 2.24) is 9.97 Å². The van der Waals surface area contributed by atoms with Crippen molar-refractivity contribution in [2.24, 2.45) is 28.9 Å². The van der Waals surface area contributed by atoms with E-state index in [0.29, 0.717) is 41.8 Å². The predicted molar refractivity (Wildman–Crippen MR) is 120 cm³/mol. The number of phenolic OH excluding ortho intramolecular Hbond substituents is 1. The molecule has 162 valence electrons. The number of anilines is 2. The van der Waals surface area contributed by atoms with Gasteiger partial charge < -0.3 is 21.5 Å². The van der Waals surface area contributed by atoms with Crippen molar-refractivity contribution in [2.75, 3.05) is 23.7 Å². The number of phenols is 1. The first-order valence-electron chi connectivity index (χ1n) is 11.3. The summed E-state index contributed by atoms with van der Waals surface area (Å²) in [5.41, 5.74) is 8.38. The van der Waals surface area contributed by atoms with Crippen LogP contribution in [0.25, 0.3) is 0 Å². The maximum absolute atomic E-state index is 9.52. The van der Waals surface area contributed by atoms with Gasteiger partial charge in [0.05, 0.1) is 6.20 Å². The SMILES string of the molecule is N#Cc1cnc(NCCc2ccc(O)cc2)nc1NCC12CC3CC(C1)C(N)C(C3)C2. The zero-order valence-corrected chi connectivity index (χ0v) is 17.7. The first-order valence-corrected chi connectivity index (χ1v) is 11.3. The Bertz CT molecular complexity index is 969. The van der Waals surface area contributed by atoms with Crippen LogP contribution in [0.4, 0.5) is 11.8 Å². The van der Waals surface area contributed by atoms with Gasteiger partial charge in [0.25, 0.3) is 0 Å². The zero-order valence-electron chi connectivity index (χ0n) is 17.7. The van der Waals surface area contributed by atoms with Crippen LogP contribution in [0.15, 0.2) is 30.5 Å². The highest BCUT2D eigenvalue weighted by Crippen LogP contribution is 2.59. The maximum atomic E-state index is 9.52. The highest BCUT2D eigenvalue weighted by molar-refractivity contribution is 5.53. The lowest BCUT2D eigenvalue weighted by atomic mass is 9.48. The van der Waals surface area contributed by atoms with Crippen LogP contribution >= 0.6 is 0 Å². The van der Waals surface area contributed by atoms with Crippen LogP contribution in [0.5, 0.6) is 5.75 Å². The molecule has 4 aliphatic rings. The van der Waals surface area contributed by atoms with Gasteiger partial charge in [0.2, 0.25) is 5.95 Å². The van der Waals surface area contributed by atoms with E-state index in [4.69, 9.17) is 5.73 Å². The molecule has 7 nitrogen and oxygen atoms in total. The van der Waals surface area contributed by atoms with E-state index in [0.717, 1.165) is 24.4 Å². The minimum absolute atomic E-state index is 0.267. The average molecular weight is 419 g/mol. The Kier molecular flexibility index (Phi) is 5.19. The van der Waals surface area contributed by atoms with E-state index in [1.165, 1.54) is 32.1 Å². The number of nitrogens with zero attached hydrogens (tertiary/aromatic N) is 3. The third-order valence-electron chi connectivity index (χ3n) is 7.65. The van der Waals surface area contributed by atoms with E-state index < -0.39 is 0 Å². The summed E-state index contributed by atoms with van der Waals surface area (Å²) in [5, 5.41) is 25.7. The molecular weight excluding hydrogens is 388 g/mol. The minimum atomic E-state index is 0.267. The number of aromatic nitrogens is 2. The molecule has 4 fully saturated rings. The molecule has 7 heteroatoms. The normalized spacial score (nSPS) is 30.7. The van der Waals surface area contributed by atoms with Crippen LogP contribution < -0.4 is 16.4 Å². The average Bonchev–Trinajstić information content (AvgIpc) is 2.77. The van der Waals surface area contributed by atoms with Gasteiger partial charge >= 0.3 is 0 Å². The van der Waals surface area contributed by atoms with Crippen molar-refractivity contribution >= 4 is 11.8 Å². The summed E-state index contributed by atoms with van der Waals surface area (Å²) in [7, 11) is 0. The maximum Gasteiger partial charge on any atom is 0.224 e. The number of aromatic hydroxyl groups is 1. The van der Waals surface area contributed by atoms with E-state index in [1.54, 1.807) is 18.3 Å². The van der Waals surface area contributed by atoms with Crippen LogP contribution in [0.1, 0.15) is 43.2 Å². The van der Waals surface area contributed by atoms with Crippen molar-refractivity contribution < 1.29 is 5.11 Å². The fourth-order valence-corrected chi connectivity index (χ4v) is 6.38. The number of rotatable bonds is 7. The summed E-state index contributed by atoms with van der Waals surface area (Å²) in [5.74, 6) is 3.54. The molecule has 0 amide bonds. The summed E-state index contributed by atoms with van der Waals surface area (Å²) in [6, 6.07) is 9.78. The Morgan fingerprint density at radius 1 is 1.13 bits per heavy atom. The largest absolute Gasteiger partial charge is 0.508 e. The molecule has 31 heavy (non-hydrogen) atoms.